The van der Waals surface area contributed by atoms with E-state index in [-0.39, 0.29) is 5.91 Å². The molecule has 0 aliphatic carbocycles. The third kappa shape index (κ3) is 8.05. The Kier molecular flexibility index (Phi) is 9.55. The minimum atomic E-state index is 0.224. The van der Waals surface area contributed by atoms with Crippen LogP contribution in [0.3, 0.4) is 0 Å². The van der Waals surface area contributed by atoms with Gasteiger partial charge in [0.05, 0.1) is 0 Å². The molecule has 1 N–H and O–H groups in total. The highest BCUT2D eigenvalue weighted by Gasteiger charge is 2.13. The van der Waals surface area contributed by atoms with Crippen LogP contribution in [0.4, 0.5) is 0 Å². The van der Waals surface area contributed by atoms with Gasteiger partial charge in [-0.25, -0.2) is 0 Å². The Morgan fingerprint density at radius 2 is 1.93 bits per heavy atom. The second-order valence-corrected chi connectivity index (χ2v) is 5.26. The number of amides is 1. The Hall–Kier alpha value is 0.200. The van der Waals surface area contributed by atoms with E-state index < -0.39 is 0 Å². The van der Waals surface area contributed by atoms with Gasteiger partial charge in [0, 0.05) is 16.9 Å². The Labute approximate surface area is 108 Å². The van der Waals surface area contributed by atoms with Crippen molar-refractivity contribution in [2.24, 2.45) is 5.92 Å². The van der Waals surface area contributed by atoms with Gasteiger partial charge < -0.3 is 5.32 Å². The molecule has 15 heavy (non-hydrogen) atoms. The Bertz CT molecular complexity index is 171. The van der Waals surface area contributed by atoms with Crippen molar-refractivity contribution in [1.29, 1.82) is 0 Å². The molecule has 3 heteroatoms. The van der Waals surface area contributed by atoms with Crippen LogP contribution < -0.4 is 5.32 Å². The molecule has 0 saturated heterocycles. The number of carbonyl (C=O) groups is 1. The number of hydrogen-bond donors (Lipinski definition) is 1. The Morgan fingerprint density at radius 1 is 1.27 bits per heavy atom. The van der Waals surface area contributed by atoms with Crippen LogP contribution in [0.1, 0.15) is 52.9 Å². The quantitative estimate of drug-likeness (QED) is 0.413. The molecule has 0 saturated carbocycles. The molecular formula is C12H24INO. The van der Waals surface area contributed by atoms with Gasteiger partial charge in [0.1, 0.15) is 0 Å². The zero-order valence-electron chi connectivity index (χ0n) is 10.2. The van der Waals surface area contributed by atoms with Gasteiger partial charge in [-0.15, -0.1) is 0 Å². The van der Waals surface area contributed by atoms with Crippen LogP contribution in [0, 0.1) is 5.92 Å². The predicted molar refractivity (Wildman–Crippen MR) is 74.4 cm³/mol. The van der Waals surface area contributed by atoms with Crippen molar-refractivity contribution < 1.29 is 4.79 Å². The average Bonchev–Trinajstić information content (AvgIpc) is 2.20. The maximum absolute atomic E-state index is 11.6. The number of nitrogens with one attached hydrogen (secondary N) is 1. The van der Waals surface area contributed by atoms with E-state index in [1.165, 1.54) is 19.3 Å². The highest BCUT2D eigenvalue weighted by atomic mass is 127. The van der Waals surface area contributed by atoms with Crippen molar-refractivity contribution in [3.8, 4) is 0 Å². The van der Waals surface area contributed by atoms with Crippen molar-refractivity contribution in [2.75, 3.05) is 4.43 Å². The summed E-state index contributed by atoms with van der Waals surface area (Å²) in [6.07, 6.45) is 5.38. The van der Waals surface area contributed by atoms with Crippen LogP contribution in [0.25, 0.3) is 0 Å². The lowest BCUT2D eigenvalue weighted by atomic mass is 10.1. The van der Waals surface area contributed by atoms with E-state index >= 15 is 0 Å². The fourth-order valence-electron chi connectivity index (χ4n) is 1.37. The topological polar surface area (TPSA) is 29.1 Å². The molecule has 0 spiro atoms. The van der Waals surface area contributed by atoms with Crippen molar-refractivity contribution in [3.63, 3.8) is 0 Å². The van der Waals surface area contributed by atoms with E-state index in [2.05, 4.69) is 48.7 Å². The van der Waals surface area contributed by atoms with Crippen LogP contribution >= 0.6 is 22.6 Å². The van der Waals surface area contributed by atoms with Gasteiger partial charge in [0.15, 0.2) is 0 Å². The fourth-order valence-corrected chi connectivity index (χ4v) is 2.61. The van der Waals surface area contributed by atoms with Gasteiger partial charge >= 0.3 is 0 Å². The first kappa shape index (κ1) is 15.2. The van der Waals surface area contributed by atoms with Crippen LogP contribution in [-0.2, 0) is 4.79 Å². The summed E-state index contributed by atoms with van der Waals surface area (Å²) in [5.74, 6) is 0.753. The molecule has 0 radical (unpaired) electrons. The molecule has 1 amide bonds. The maximum atomic E-state index is 11.6. The Balaban J connectivity index is 3.62. The van der Waals surface area contributed by atoms with E-state index in [1.54, 1.807) is 0 Å². The van der Waals surface area contributed by atoms with Gasteiger partial charge in [-0.3, -0.25) is 4.79 Å². The van der Waals surface area contributed by atoms with Crippen molar-refractivity contribution in [2.45, 2.75) is 58.9 Å². The van der Waals surface area contributed by atoms with Gasteiger partial charge in [-0.2, -0.15) is 0 Å². The molecule has 0 aliphatic heterocycles. The first-order valence-electron chi connectivity index (χ1n) is 5.97. The lowest BCUT2D eigenvalue weighted by molar-refractivity contribution is -0.122. The highest BCUT2D eigenvalue weighted by Crippen LogP contribution is 2.07. The molecule has 0 aliphatic rings. The molecule has 0 heterocycles. The van der Waals surface area contributed by atoms with Crippen molar-refractivity contribution >= 4 is 28.5 Å². The van der Waals surface area contributed by atoms with E-state index in [0.717, 1.165) is 10.8 Å². The standard InChI is InChI=1S/C12H24INO/c1-4-5-6-7-8-12(15)14-11(9-13)10(2)3/h10-11H,4-9H2,1-3H3,(H,14,15). The summed E-state index contributed by atoms with van der Waals surface area (Å²) in [7, 11) is 0. The van der Waals surface area contributed by atoms with E-state index in [1.807, 2.05) is 0 Å². The molecule has 0 aromatic carbocycles. The number of unbranched alkanes of at least 4 members (excludes halogenated alkanes) is 3. The minimum Gasteiger partial charge on any atom is -0.352 e. The van der Waals surface area contributed by atoms with Crippen molar-refractivity contribution in [1.82, 2.24) is 5.32 Å². The normalized spacial score (nSPS) is 12.9. The first-order chi connectivity index (χ1) is 7.11. The highest BCUT2D eigenvalue weighted by molar-refractivity contribution is 14.1. The lowest BCUT2D eigenvalue weighted by Crippen LogP contribution is -2.39. The molecule has 90 valence electrons. The van der Waals surface area contributed by atoms with Gasteiger partial charge in [0.25, 0.3) is 0 Å². The maximum Gasteiger partial charge on any atom is 0.220 e. The van der Waals surface area contributed by atoms with E-state index in [9.17, 15) is 4.79 Å². The van der Waals surface area contributed by atoms with Gasteiger partial charge in [0.2, 0.25) is 5.91 Å². The van der Waals surface area contributed by atoms with Crippen LogP contribution in [0.2, 0.25) is 0 Å². The monoisotopic (exact) mass is 325 g/mol. The number of hydrogen-bond acceptors (Lipinski definition) is 1. The summed E-state index contributed by atoms with van der Waals surface area (Å²) >= 11 is 2.33. The smallest absolute Gasteiger partial charge is 0.220 e. The third-order valence-electron chi connectivity index (χ3n) is 2.57. The largest absolute Gasteiger partial charge is 0.352 e. The number of alkyl halides is 1. The summed E-state index contributed by atoms with van der Waals surface area (Å²) in [5.41, 5.74) is 0. The molecule has 2 nitrogen and oxygen atoms in total. The summed E-state index contributed by atoms with van der Waals surface area (Å²) in [6.45, 7) is 6.49. The summed E-state index contributed by atoms with van der Waals surface area (Å²) in [6, 6.07) is 0.337. The average molecular weight is 325 g/mol. The molecule has 0 rings (SSSR count). The van der Waals surface area contributed by atoms with E-state index in [0.29, 0.717) is 18.4 Å². The summed E-state index contributed by atoms with van der Waals surface area (Å²) in [5, 5.41) is 3.10. The second kappa shape index (κ2) is 9.43. The zero-order valence-corrected chi connectivity index (χ0v) is 12.3. The van der Waals surface area contributed by atoms with Crippen LogP contribution in [0.5, 0.6) is 0 Å². The summed E-state index contributed by atoms with van der Waals surface area (Å²) < 4.78 is 0.996. The minimum absolute atomic E-state index is 0.224. The first-order valence-corrected chi connectivity index (χ1v) is 7.49. The molecule has 1 atom stereocenters. The molecule has 0 aromatic rings. The molecule has 1 unspecified atom stereocenters. The SMILES string of the molecule is CCCCCCC(=O)NC(CI)C(C)C. The lowest BCUT2D eigenvalue weighted by Gasteiger charge is -2.19. The van der Waals surface area contributed by atoms with Crippen LogP contribution in [0.15, 0.2) is 0 Å². The second-order valence-electron chi connectivity index (χ2n) is 4.38. The predicted octanol–water partition coefficient (Wildman–Crippen LogP) is 3.53. The fraction of sp³-hybridized carbons (Fsp3) is 0.917. The van der Waals surface area contributed by atoms with Crippen molar-refractivity contribution in [3.05, 3.63) is 0 Å². The van der Waals surface area contributed by atoms with Crippen LogP contribution in [-0.4, -0.2) is 16.4 Å². The van der Waals surface area contributed by atoms with Gasteiger partial charge in [-0.1, -0.05) is 62.6 Å². The van der Waals surface area contributed by atoms with E-state index in [4.69, 9.17) is 0 Å². The van der Waals surface area contributed by atoms with Gasteiger partial charge in [-0.05, 0) is 12.3 Å². The molecule has 0 aromatic heterocycles. The molecule has 0 fully saturated rings. The number of carbonyl (C=O) groups excluding carboxylic acids is 1. The Morgan fingerprint density at radius 3 is 2.40 bits per heavy atom. The number of rotatable bonds is 8. The zero-order chi connectivity index (χ0) is 11.7. The third-order valence-corrected chi connectivity index (χ3v) is 3.52. The summed E-state index contributed by atoms with van der Waals surface area (Å²) in [4.78, 5) is 11.6. The number of halogens is 1. The molecular weight excluding hydrogens is 301 g/mol. The molecule has 0 bridgehead atoms.